The molecule has 336 valence electrons. The number of pyridine rings is 1. The normalized spacial score (nSPS) is 12.0. The van der Waals surface area contributed by atoms with Gasteiger partial charge >= 0.3 is 0 Å². The second-order valence-corrected chi connectivity index (χ2v) is 19.4. The summed E-state index contributed by atoms with van der Waals surface area (Å²) in [5.74, 6) is 0. The smallest absolute Gasteiger partial charge is 0.104 e. The highest BCUT2D eigenvalue weighted by Crippen LogP contribution is 2.51. The lowest BCUT2D eigenvalue weighted by atomic mass is 9.95. The molecular formula is C65H46N6. The third-order valence-electron chi connectivity index (χ3n) is 14.9. The van der Waals surface area contributed by atoms with Crippen LogP contribution in [0.3, 0.4) is 0 Å². The standard InChI is InChI=1S/C65H46N6/c1-38-25-29-57-47(33-38)43-16-6-10-21-53(43)68(57)62-51(37-66)63(69-54-22-11-7-17-44(54)48-34-39(2)26-30-58(48)69)65(71-56-24-13-9-19-46(56)50-36-41(4)28-32-60(50)71)64(61(62)52-20-14-15-42(5)67-52)70-55-23-12-8-18-45(55)49-35-40(3)27-31-59(49)70/h6-36H,1-5H3. The molecule has 14 aromatic rings. The highest BCUT2D eigenvalue weighted by atomic mass is 15.1. The van der Waals surface area contributed by atoms with Crippen molar-refractivity contribution < 1.29 is 0 Å². The van der Waals surface area contributed by atoms with E-state index in [1.807, 2.05) is 0 Å². The zero-order valence-corrected chi connectivity index (χ0v) is 40.1. The Kier molecular flexibility index (Phi) is 8.72. The SMILES string of the molecule is Cc1ccc2c(c1)c1ccccc1n2-c1c(C#N)c(-n2c3ccccc3c3cc(C)ccc32)c(-n2c3ccccc3c3cc(C)ccc32)c(-n2c3ccccc3c3cc(C)ccc32)c1-c1cccc(C)n1. The van der Waals surface area contributed by atoms with E-state index >= 15 is 0 Å². The molecule has 0 unspecified atom stereocenters. The number of para-hydroxylation sites is 4. The van der Waals surface area contributed by atoms with Gasteiger partial charge in [-0.1, -0.05) is 125 Å². The topological polar surface area (TPSA) is 56.4 Å². The van der Waals surface area contributed by atoms with Crippen molar-refractivity contribution in [3.8, 4) is 40.1 Å². The number of aryl methyl sites for hydroxylation is 5. The first-order valence-electron chi connectivity index (χ1n) is 24.4. The molecule has 5 aromatic heterocycles. The van der Waals surface area contributed by atoms with E-state index in [1.54, 1.807) is 0 Å². The van der Waals surface area contributed by atoms with Gasteiger partial charge in [-0.25, -0.2) is 0 Å². The number of hydrogen-bond donors (Lipinski definition) is 0. The minimum atomic E-state index is 0.531. The van der Waals surface area contributed by atoms with Gasteiger partial charge in [0.2, 0.25) is 0 Å². The fraction of sp³-hybridized carbons (Fsp3) is 0.0769. The molecule has 0 spiro atoms. The molecule has 0 radical (unpaired) electrons. The Morgan fingerprint density at radius 2 is 0.662 bits per heavy atom. The summed E-state index contributed by atoms with van der Waals surface area (Å²) in [6, 6.07) is 71.2. The maximum absolute atomic E-state index is 12.7. The van der Waals surface area contributed by atoms with Gasteiger partial charge in [0.15, 0.2) is 0 Å². The van der Waals surface area contributed by atoms with E-state index < -0.39 is 0 Å². The van der Waals surface area contributed by atoms with Crippen LogP contribution in [-0.4, -0.2) is 23.3 Å². The van der Waals surface area contributed by atoms with E-state index in [9.17, 15) is 5.26 Å². The van der Waals surface area contributed by atoms with Crippen molar-refractivity contribution >= 4 is 87.2 Å². The van der Waals surface area contributed by atoms with Gasteiger partial charge in [-0.2, -0.15) is 5.26 Å². The molecule has 0 atom stereocenters. The van der Waals surface area contributed by atoms with E-state index in [2.05, 4.69) is 247 Å². The molecule has 0 saturated carbocycles. The lowest BCUT2D eigenvalue weighted by Crippen LogP contribution is -2.16. The molecule has 0 saturated heterocycles. The largest absolute Gasteiger partial charge is 0.307 e. The summed E-state index contributed by atoms with van der Waals surface area (Å²) in [6.07, 6.45) is 0. The molecule has 5 heterocycles. The van der Waals surface area contributed by atoms with Gasteiger partial charge in [-0.05, 0) is 120 Å². The van der Waals surface area contributed by atoms with E-state index in [0.717, 1.165) is 127 Å². The van der Waals surface area contributed by atoms with Crippen LogP contribution in [0.5, 0.6) is 0 Å². The Hall–Kier alpha value is -9.18. The van der Waals surface area contributed by atoms with Crippen LogP contribution < -0.4 is 0 Å². The van der Waals surface area contributed by atoms with Gasteiger partial charge in [0.25, 0.3) is 0 Å². The van der Waals surface area contributed by atoms with Gasteiger partial charge in [-0.15, -0.1) is 0 Å². The van der Waals surface area contributed by atoms with Gasteiger partial charge in [0.05, 0.1) is 78.1 Å². The molecule has 6 heteroatoms. The molecule has 0 aliphatic carbocycles. The molecule has 14 rings (SSSR count). The van der Waals surface area contributed by atoms with Crippen LogP contribution in [0.2, 0.25) is 0 Å². The van der Waals surface area contributed by atoms with Crippen molar-refractivity contribution in [2.45, 2.75) is 34.6 Å². The minimum Gasteiger partial charge on any atom is -0.307 e. The lowest BCUT2D eigenvalue weighted by Gasteiger charge is -2.29. The van der Waals surface area contributed by atoms with Crippen molar-refractivity contribution in [3.05, 3.63) is 222 Å². The summed E-state index contributed by atoms with van der Waals surface area (Å²) in [6.45, 7) is 10.7. The van der Waals surface area contributed by atoms with Gasteiger partial charge in [0, 0.05) is 48.8 Å². The zero-order chi connectivity index (χ0) is 47.8. The predicted molar refractivity (Wildman–Crippen MR) is 295 cm³/mol. The summed E-state index contributed by atoms with van der Waals surface area (Å²) >= 11 is 0. The maximum atomic E-state index is 12.7. The van der Waals surface area contributed by atoms with Crippen molar-refractivity contribution in [1.29, 1.82) is 5.26 Å². The second kappa shape index (κ2) is 15.2. The van der Waals surface area contributed by atoms with Crippen LogP contribution in [0.15, 0.2) is 188 Å². The Balaban J connectivity index is 1.38. The van der Waals surface area contributed by atoms with Crippen molar-refractivity contribution in [2.75, 3.05) is 0 Å². The first-order chi connectivity index (χ1) is 34.8. The Morgan fingerprint density at radius 3 is 1.04 bits per heavy atom. The molecular weight excluding hydrogens is 865 g/mol. The minimum absolute atomic E-state index is 0.531. The second-order valence-electron chi connectivity index (χ2n) is 19.4. The van der Waals surface area contributed by atoms with Crippen LogP contribution >= 0.6 is 0 Å². The third kappa shape index (κ3) is 5.78. The zero-order valence-electron chi connectivity index (χ0n) is 40.1. The molecule has 6 nitrogen and oxygen atoms in total. The summed E-state index contributed by atoms with van der Waals surface area (Å²) < 4.78 is 9.70. The summed E-state index contributed by atoms with van der Waals surface area (Å²) in [7, 11) is 0. The quantitative estimate of drug-likeness (QED) is 0.173. The summed E-state index contributed by atoms with van der Waals surface area (Å²) in [5, 5.41) is 21.7. The number of fused-ring (bicyclic) bond motifs is 12. The maximum Gasteiger partial charge on any atom is 0.104 e. The fourth-order valence-electron chi connectivity index (χ4n) is 11.9. The number of benzene rings is 9. The van der Waals surface area contributed by atoms with Gasteiger partial charge in [-0.3, -0.25) is 4.98 Å². The first kappa shape index (κ1) is 40.8. The summed E-state index contributed by atoms with van der Waals surface area (Å²) in [4.78, 5) is 5.52. The monoisotopic (exact) mass is 910 g/mol. The molecule has 0 aliphatic heterocycles. The molecule has 0 aliphatic rings. The lowest BCUT2D eigenvalue weighted by molar-refractivity contribution is 1.02. The third-order valence-corrected chi connectivity index (χ3v) is 14.9. The number of hydrogen-bond acceptors (Lipinski definition) is 2. The van der Waals surface area contributed by atoms with Gasteiger partial charge in [0.1, 0.15) is 11.6 Å². The Morgan fingerprint density at radius 1 is 0.324 bits per heavy atom. The average Bonchev–Trinajstić information content (AvgIpc) is 4.10. The predicted octanol–water partition coefficient (Wildman–Crippen LogP) is 16.6. The average molecular weight is 911 g/mol. The molecule has 0 amide bonds. The number of nitrogens with zero attached hydrogens (tertiary/aromatic N) is 6. The van der Waals surface area contributed by atoms with Crippen LogP contribution in [-0.2, 0) is 0 Å². The van der Waals surface area contributed by atoms with Crippen molar-refractivity contribution in [1.82, 2.24) is 23.3 Å². The van der Waals surface area contributed by atoms with Gasteiger partial charge < -0.3 is 18.3 Å². The highest BCUT2D eigenvalue weighted by Gasteiger charge is 2.35. The highest BCUT2D eigenvalue weighted by molar-refractivity contribution is 6.17. The number of nitriles is 1. The first-order valence-corrected chi connectivity index (χ1v) is 24.4. The van der Waals surface area contributed by atoms with E-state index in [0.29, 0.717) is 5.56 Å². The van der Waals surface area contributed by atoms with E-state index in [4.69, 9.17) is 4.98 Å². The number of rotatable bonds is 5. The number of aromatic nitrogens is 5. The fourth-order valence-corrected chi connectivity index (χ4v) is 11.9. The van der Waals surface area contributed by atoms with E-state index in [-0.39, 0.29) is 0 Å². The molecule has 9 aromatic carbocycles. The van der Waals surface area contributed by atoms with Crippen molar-refractivity contribution in [3.63, 3.8) is 0 Å². The molecule has 0 fully saturated rings. The van der Waals surface area contributed by atoms with Crippen LogP contribution in [0.1, 0.15) is 33.5 Å². The molecule has 71 heavy (non-hydrogen) atoms. The van der Waals surface area contributed by atoms with Crippen LogP contribution in [0, 0.1) is 45.9 Å². The van der Waals surface area contributed by atoms with Crippen molar-refractivity contribution in [2.24, 2.45) is 0 Å². The Labute approximate surface area is 410 Å². The van der Waals surface area contributed by atoms with Crippen LogP contribution in [0.4, 0.5) is 0 Å². The molecule has 0 N–H and O–H groups in total. The van der Waals surface area contributed by atoms with E-state index in [1.165, 1.54) is 22.3 Å². The summed E-state index contributed by atoms with van der Waals surface area (Å²) in [5.41, 5.74) is 19.3. The van der Waals surface area contributed by atoms with Crippen LogP contribution in [0.25, 0.3) is 121 Å². The molecule has 0 bridgehead atoms. The Bertz CT molecular complexity index is 4660.